The lowest BCUT2D eigenvalue weighted by Gasteiger charge is -2.32. The Balaban J connectivity index is 1.41. The van der Waals surface area contributed by atoms with Crippen LogP contribution in [0.4, 0.5) is 5.69 Å². The molecule has 1 aliphatic rings. The standard InChI is InChI=1S/C28H35N3OS/c1-4-20(3)18-31-16-14-23(15-17-31)28-30-26(19-33-28)27(32)29-25-9-7-6-8-24(25)22-12-10-21(5-2)11-13-22/h6-13,19-20,23H,4-5,14-18H2,1-3H3,(H,29,32). The van der Waals surface area contributed by atoms with E-state index in [4.69, 9.17) is 4.98 Å². The van der Waals surface area contributed by atoms with Crippen LogP contribution in [0, 0.1) is 5.92 Å². The van der Waals surface area contributed by atoms with E-state index in [1.165, 1.54) is 18.5 Å². The van der Waals surface area contributed by atoms with Gasteiger partial charge in [-0.25, -0.2) is 4.98 Å². The maximum atomic E-state index is 13.0. The Kier molecular flexibility index (Phi) is 7.94. The van der Waals surface area contributed by atoms with Gasteiger partial charge in [-0.1, -0.05) is 69.7 Å². The highest BCUT2D eigenvalue weighted by Crippen LogP contribution is 2.32. The number of aryl methyl sites for hydroxylation is 1. The third-order valence-corrected chi connectivity index (χ3v) is 7.81. The lowest BCUT2D eigenvalue weighted by atomic mass is 9.96. The van der Waals surface area contributed by atoms with E-state index in [0.717, 1.165) is 60.1 Å². The quantitative estimate of drug-likeness (QED) is 0.399. The zero-order chi connectivity index (χ0) is 23.2. The molecule has 0 aliphatic carbocycles. The predicted molar refractivity (Wildman–Crippen MR) is 139 cm³/mol. The van der Waals surface area contributed by atoms with Gasteiger partial charge in [0.25, 0.3) is 5.91 Å². The summed E-state index contributed by atoms with van der Waals surface area (Å²) in [6.45, 7) is 10.2. The molecule has 3 aromatic rings. The summed E-state index contributed by atoms with van der Waals surface area (Å²) >= 11 is 1.63. The Morgan fingerprint density at radius 1 is 1.12 bits per heavy atom. The molecule has 0 bridgehead atoms. The second-order valence-corrected chi connectivity index (χ2v) is 10.1. The van der Waals surface area contributed by atoms with Crippen molar-refractivity contribution in [1.82, 2.24) is 9.88 Å². The summed E-state index contributed by atoms with van der Waals surface area (Å²) in [5.41, 5.74) is 4.78. The first-order chi connectivity index (χ1) is 16.1. The molecule has 174 valence electrons. The van der Waals surface area contributed by atoms with Gasteiger partial charge in [0.1, 0.15) is 5.69 Å². The van der Waals surface area contributed by atoms with Crippen molar-refractivity contribution in [3.05, 3.63) is 70.2 Å². The molecule has 0 spiro atoms. The van der Waals surface area contributed by atoms with Crippen molar-refractivity contribution in [1.29, 1.82) is 0 Å². The van der Waals surface area contributed by atoms with Gasteiger partial charge < -0.3 is 10.2 Å². The van der Waals surface area contributed by atoms with Crippen molar-refractivity contribution < 1.29 is 4.79 Å². The van der Waals surface area contributed by atoms with Gasteiger partial charge in [-0.2, -0.15) is 0 Å². The van der Waals surface area contributed by atoms with E-state index in [1.807, 2.05) is 23.6 Å². The van der Waals surface area contributed by atoms with E-state index in [2.05, 4.69) is 61.3 Å². The number of rotatable bonds is 8. The fraction of sp³-hybridized carbons (Fsp3) is 0.429. The van der Waals surface area contributed by atoms with Gasteiger partial charge in [0.05, 0.1) is 5.01 Å². The highest BCUT2D eigenvalue weighted by molar-refractivity contribution is 7.10. The number of thiazole rings is 1. The highest BCUT2D eigenvalue weighted by atomic mass is 32.1. The maximum absolute atomic E-state index is 13.0. The molecule has 4 rings (SSSR count). The normalized spacial score (nSPS) is 16.0. The maximum Gasteiger partial charge on any atom is 0.275 e. The van der Waals surface area contributed by atoms with Crippen LogP contribution >= 0.6 is 11.3 Å². The molecule has 1 unspecified atom stereocenters. The van der Waals surface area contributed by atoms with E-state index in [9.17, 15) is 4.79 Å². The number of hydrogen-bond donors (Lipinski definition) is 1. The number of carbonyl (C=O) groups is 1. The summed E-state index contributed by atoms with van der Waals surface area (Å²) in [6, 6.07) is 16.5. The largest absolute Gasteiger partial charge is 0.320 e. The molecular weight excluding hydrogens is 426 g/mol. The Morgan fingerprint density at radius 2 is 1.85 bits per heavy atom. The molecule has 1 aromatic heterocycles. The molecule has 1 N–H and O–H groups in total. The number of piperidine rings is 1. The average Bonchev–Trinajstić information content (AvgIpc) is 3.35. The SMILES string of the molecule is CCc1ccc(-c2ccccc2NC(=O)c2csc(C3CCN(CC(C)CC)CC3)n2)cc1. The number of carbonyl (C=O) groups excluding carboxylic acids is 1. The number of para-hydroxylation sites is 1. The summed E-state index contributed by atoms with van der Waals surface area (Å²) in [5.74, 6) is 1.09. The number of hydrogen-bond acceptors (Lipinski definition) is 4. The van der Waals surface area contributed by atoms with E-state index in [-0.39, 0.29) is 5.91 Å². The average molecular weight is 462 g/mol. The predicted octanol–water partition coefficient (Wildman–Crippen LogP) is 6.85. The molecular formula is C28H35N3OS. The molecule has 1 fully saturated rings. The second-order valence-electron chi connectivity index (χ2n) is 9.21. The fourth-order valence-electron chi connectivity index (χ4n) is 4.46. The van der Waals surface area contributed by atoms with E-state index < -0.39 is 0 Å². The molecule has 5 heteroatoms. The van der Waals surface area contributed by atoms with Crippen LogP contribution in [0.5, 0.6) is 0 Å². The van der Waals surface area contributed by atoms with Gasteiger partial charge in [0.2, 0.25) is 0 Å². The zero-order valence-electron chi connectivity index (χ0n) is 20.0. The van der Waals surface area contributed by atoms with Crippen LogP contribution in [0.15, 0.2) is 53.9 Å². The van der Waals surface area contributed by atoms with Crippen LogP contribution in [0.2, 0.25) is 0 Å². The molecule has 0 radical (unpaired) electrons. The molecule has 1 atom stereocenters. The van der Waals surface area contributed by atoms with Gasteiger partial charge in [0, 0.05) is 29.1 Å². The van der Waals surface area contributed by atoms with Gasteiger partial charge in [-0.05, 0) is 55.5 Å². The van der Waals surface area contributed by atoms with Crippen molar-refractivity contribution in [2.75, 3.05) is 25.0 Å². The summed E-state index contributed by atoms with van der Waals surface area (Å²) in [7, 11) is 0. The number of nitrogens with one attached hydrogen (secondary N) is 1. The molecule has 33 heavy (non-hydrogen) atoms. The van der Waals surface area contributed by atoms with Crippen molar-refractivity contribution in [3.63, 3.8) is 0 Å². The molecule has 2 heterocycles. The van der Waals surface area contributed by atoms with Crippen molar-refractivity contribution in [2.45, 2.75) is 52.4 Å². The molecule has 1 amide bonds. The number of nitrogens with zero attached hydrogens (tertiary/aromatic N) is 2. The molecule has 2 aromatic carbocycles. The Labute approximate surface area is 202 Å². The number of aromatic nitrogens is 1. The van der Waals surface area contributed by atoms with Crippen LogP contribution in [-0.4, -0.2) is 35.4 Å². The first kappa shape index (κ1) is 23.7. The van der Waals surface area contributed by atoms with Gasteiger partial charge in [0.15, 0.2) is 0 Å². The van der Waals surface area contributed by atoms with Crippen molar-refractivity contribution in [3.8, 4) is 11.1 Å². The molecule has 1 aliphatic heterocycles. The minimum atomic E-state index is -0.135. The number of likely N-dealkylation sites (tertiary alicyclic amines) is 1. The summed E-state index contributed by atoms with van der Waals surface area (Å²) in [4.78, 5) is 20.3. The van der Waals surface area contributed by atoms with Crippen molar-refractivity contribution in [2.24, 2.45) is 5.92 Å². The Morgan fingerprint density at radius 3 is 2.55 bits per heavy atom. The van der Waals surface area contributed by atoms with Gasteiger partial charge >= 0.3 is 0 Å². The third kappa shape index (κ3) is 5.90. The number of benzene rings is 2. The topological polar surface area (TPSA) is 45.2 Å². The van der Waals surface area contributed by atoms with Crippen LogP contribution in [0.25, 0.3) is 11.1 Å². The fourth-order valence-corrected chi connectivity index (χ4v) is 5.43. The number of amides is 1. The molecule has 0 saturated carbocycles. The summed E-state index contributed by atoms with van der Waals surface area (Å²) < 4.78 is 0. The lowest BCUT2D eigenvalue weighted by Crippen LogP contribution is -2.35. The first-order valence-corrected chi connectivity index (χ1v) is 13.1. The van der Waals surface area contributed by atoms with Crippen LogP contribution < -0.4 is 5.32 Å². The lowest BCUT2D eigenvalue weighted by molar-refractivity contribution is 0.102. The van der Waals surface area contributed by atoms with Crippen LogP contribution in [0.3, 0.4) is 0 Å². The Bertz CT molecular complexity index is 1050. The van der Waals surface area contributed by atoms with Gasteiger partial charge in [-0.15, -0.1) is 11.3 Å². The minimum Gasteiger partial charge on any atom is -0.320 e. The molecule has 1 saturated heterocycles. The minimum absolute atomic E-state index is 0.135. The van der Waals surface area contributed by atoms with E-state index in [1.54, 1.807) is 11.3 Å². The zero-order valence-corrected chi connectivity index (χ0v) is 20.8. The van der Waals surface area contributed by atoms with Crippen molar-refractivity contribution >= 4 is 22.9 Å². The second kappa shape index (κ2) is 11.1. The van der Waals surface area contributed by atoms with Crippen LogP contribution in [-0.2, 0) is 6.42 Å². The first-order valence-electron chi connectivity index (χ1n) is 12.2. The smallest absolute Gasteiger partial charge is 0.275 e. The van der Waals surface area contributed by atoms with Crippen LogP contribution in [0.1, 0.15) is 67.0 Å². The molecule has 4 nitrogen and oxygen atoms in total. The monoisotopic (exact) mass is 461 g/mol. The van der Waals surface area contributed by atoms with Gasteiger partial charge in [-0.3, -0.25) is 4.79 Å². The third-order valence-electron chi connectivity index (χ3n) is 6.81. The van der Waals surface area contributed by atoms with E-state index in [0.29, 0.717) is 11.6 Å². The number of anilines is 1. The summed E-state index contributed by atoms with van der Waals surface area (Å²) in [6.07, 6.45) is 4.50. The summed E-state index contributed by atoms with van der Waals surface area (Å²) in [5, 5.41) is 6.12. The highest BCUT2D eigenvalue weighted by Gasteiger charge is 2.24. The Hall–Kier alpha value is -2.50. The van der Waals surface area contributed by atoms with E-state index >= 15 is 0 Å².